The van der Waals surface area contributed by atoms with Crippen LogP contribution in [0.3, 0.4) is 0 Å². The first-order chi connectivity index (χ1) is 32.7. The molecule has 3 nitrogen and oxygen atoms in total. The number of fused-ring (bicyclic) bond motifs is 7. The Morgan fingerprint density at radius 3 is 1.65 bits per heavy atom. The maximum absolute atomic E-state index is 9.52. The lowest BCUT2D eigenvalue weighted by molar-refractivity contribution is 0.282. The zero-order valence-electron chi connectivity index (χ0n) is 48.1. The van der Waals surface area contributed by atoms with Gasteiger partial charge in [-0.15, -0.1) is 0 Å². The summed E-state index contributed by atoms with van der Waals surface area (Å²) in [5, 5.41) is 0. The van der Waals surface area contributed by atoms with Gasteiger partial charge in [0, 0.05) is 39.3 Å². The third kappa shape index (κ3) is 6.88. The molecule has 0 bridgehead atoms. The Morgan fingerprint density at radius 2 is 1.06 bits per heavy atom. The Kier molecular flexibility index (Phi) is 8.46. The molecule has 0 fully saturated rings. The molecule has 0 radical (unpaired) electrons. The van der Waals surface area contributed by atoms with Crippen molar-refractivity contribution in [1.29, 1.82) is 0 Å². The molecule has 0 saturated carbocycles. The maximum atomic E-state index is 9.52. The van der Waals surface area contributed by atoms with E-state index in [1.54, 1.807) is 0 Å². The van der Waals surface area contributed by atoms with Gasteiger partial charge in [0.1, 0.15) is 5.76 Å². The molecule has 1 aromatic heterocycles. The van der Waals surface area contributed by atoms with Crippen LogP contribution < -0.4 is 26.4 Å². The average Bonchev–Trinajstić information content (AvgIpc) is 3.70. The van der Waals surface area contributed by atoms with Gasteiger partial charge in [0.15, 0.2) is 0 Å². The first kappa shape index (κ1) is 39.1. The van der Waals surface area contributed by atoms with E-state index in [-0.39, 0.29) is 74.4 Å². The summed E-state index contributed by atoms with van der Waals surface area (Å²) in [7, 11) is 0. The Hall–Kier alpha value is -4.96. The molecule has 10 rings (SSSR count). The van der Waals surface area contributed by atoms with Crippen LogP contribution in [0.25, 0.3) is 11.1 Å². The SMILES string of the molecule is [2H]c1c([2H])c([2H])c(-c2cc(C(C)(C)C)ccc2N2c3cc4c(cc3B3c5oc6c(c5N(c5ccc(C(C)(C)C)cc5)c5cc(C(C)(C)C)cc2c53)C(C)(C)CCC6(C)C)C(C)(C)CCC4(C)C)c([2H])c1[2H]. The molecule has 66 heavy (non-hydrogen) atoms. The van der Waals surface area contributed by atoms with Gasteiger partial charge in [-0.25, -0.2) is 0 Å². The van der Waals surface area contributed by atoms with E-state index in [1.807, 2.05) is 0 Å². The molecule has 3 heterocycles. The molecule has 0 spiro atoms. The minimum absolute atomic E-state index is 0.0327. The van der Waals surface area contributed by atoms with Gasteiger partial charge in [-0.1, -0.05) is 172 Å². The molecule has 2 aliphatic heterocycles. The lowest BCUT2D eigenvalue weighted by atomic mass is 9.34. The quantitative estimate of drug-likeness (QED) is 0.165. The van der Waals surface area contributed by atoms with Crippen molar-refractivity contribution >= 4 is 57.4 Å². The van der Waals surface area contributed by atoms with Crippen molar-refractivity contribution in [2.45, 2.75) is 181 Å². The Morgan fingerprint density at radius 1 is 0.530 bits per heavy atom. The number of hydrogen-bond donors (Lipinski definition) is 0. The number of hydrogen-bond acceptors (Lipinski definition) is 3. The van der Waals surface area contributed by atoms with Crippen LogP contribution in [0.5, 0.6) is 0 Å². The van der Waals surface area contributed by atoms with Crippen molar-refractivity contribution in [3.05, 3.63) is 136 Å². The summed E-state index contributed by atoms with van der Waals surface area (Å²) in [4.78, 5) is 4.94. The summed E-state index contributed by atoms with van der Waals surface area (Å²) >= 11 is 0. The van der Waals surface area contributed by atoms with Crippen LogP contribution in [0.4, 0.5) is 34.1 Å². The van der Waals surface area contributed by atoms with Crippen LogP contribution in [-0.4, -0.2) is 6.71 Å². The van der Waals surface area contributed by atoms with Crippen LogP contribution in [0.15, 0.2) is 101 Å². The summed E-state index contributed by atoms with van der Waals surface area (Å²) in [5.41, 5.74) is 16.4. The van der Waals surface area contributed by atoms with Gasteiger partial charge in [0.25, 0.3) is 6.71 Å². The minimum Gasteiger partial charge on any atom is -0.472 e. The van der Waals surface area contributed by atoms with Crippen LogP contribution in [0.1, 0.15) is 189 Å². The number of nitrogens with zero attached hydrogens (tertiary/aromatic N) is 2. The van der Waals surface area contributed by atoms with E-state index in [0.717, 1.165) is 87.7 Å². The third-order valence-electron chi connectivity index (χ3n) is 16.3. The number of benzene rings is 5. The van der Waals surface area contributed by atoms with E-state index in [1.165, 1.54) is 27.8 Å². The molecule has 2 aliphatic carbocycles. The molecule has 0 unspecified atom stereocenters. The number of furan rings is 1. The normalized spacial score (nSPS) is 19.9. The summed E-state index contributed by atoms with van der Waals surface area (Å²) in [5.74, 6) is 1.07. The van der Waals surface area contributed by atoms with E-state index in [2.05, 4.69) is 194 Å². The molecular weight excluding hydrogens is 800 g/mol. The highest BCUT2D eigenvalue weighted by molar-refractivity contribution is 6.99. The molecule has 0 N–H and O–H groups in total. The molecule has 6 aromatic rings. The number of rotatable bonds is 3. The topological polar surface area (TPSA) is 19.6 Å². The fourth-order valence-electron chi connectivity index (χ4n) is 11.7. The van der Waals surface area contributed by atoms with Gasteiger partial charge < -0.3 is 14.2 Å². The Bertz CT molecular complexity index is 3200. The predicted molar refractivity (Wildman–Crippen MR) is 285 cm³/mol. The fraction of sp³-hybridized carbons (Fsp3) is 0.452. The van der Waals surface area contributed by atoms with Crippen LogP contribution in [0, 0.1) is 0 Å². The monoisotopic (exact) mass is 880 g/mol. The molecule has 342 valence electrons. The molecule has 4 aliphatic rings. The van der Waals surface area contributed by atoms with Crippen molar-refractivity contribution in [2.75, 3.05) is 9.80 Å². The highest BCUT2D eigenvalue weighted by Crippen LogP contribution is 2.57. The van der Waals surface area contributed by atoms with E-state index in [4.69, 9.17) is 8.53 Å². The molecule has 0 saturated heterocycles. The van der Waals surface area contributed by atoms with Gasteiger partial charge in [0.05, 0.1) is 23.9 Å². The molecular formula is C62H75BN2O. The van der Waals surface area contributed by atoms with Crippen molar-refractivity contribution in [2.24, 2.45) is 0 Å². The zero-order valence-corrected chi connectivity index (χ0v) is 43.1. The first-order valence-electron chi connectivity index (χ1n) is 27.1. The third-order valence-corrected chi connectivity index (χ3v) is 16.3. The Labute approximate surface area is 405 Å². The molecule has 5 aromatic carbocycles. The van der Waals surface area contributed by atoms with E-state index in [0.29, 0.717) is 5.56 Å². The first-order valence-corrected chi connectivity index (χ1v) is 24.6. The van der Waals surface area contributed by atoms with E-state index in [9.17, 15) is 2.74 Å². The summed E-state index contributed by atoms with van der Waals surface area (Å²) in [6.07, 6.45) is 4.15. The van der Waals surface area contributed by atoms with Gasteiger partial charge in [-0.2, -0.15) is 0 Å². The molecule has 4 heteroatoms. The maximum Gasteiger partial charge on any atom is 0.297 e. The Balaban J connectivity index is 1.42. The average molecular weight is 880 g/mol. The highest BCUT2D eigenvalue weighted by Gasteiger charge is 2.53. The standard InChI is InChI=1S/C62H75BN2O/c1-56(2,3)39-23-26-42(27-24-39)64-49-34-41(58(7,8)9)35-50-52(49)63(55-53(64)51-54(66-55)62(16,17)32-31-61(51,14)15)46-36-44-45(60(12,13)30-29-59(44,10)11)37-48(46)65(50)47-28-25-40(57(4,5)6)33-43(47)38-21-19-18-20-22-38/h18-28,33-37H,29-32H2,1-17H3/i18D,19D,20D,21D,22D. The van der Waals surface area contributed by atoms with Crippen molar-refractivity contribution in [3.63, 3.8) is 0 Å². The second-order valence-corrected chi connectivity index (χ2v) is 26.1. The van der Waals surface area contributed by atoms with Crippen molar-refractivity contribution in [1.82, 2.24) is 0 Å². The smallest absolute Gasteiger partial charge is 0.297 e. The predicted octanol–water partition coefficient (Wildman–Crippen LogP) is 15.6. The number of anilines is 6. The molecule has 0 amide bonds. The highest BCUT2D eigenvalue weighted by atomic mass is 16.3. The summed E-state index contributed by atoms with van der Waals surface area (Å²) in [6.45, 7) is 39.0. The van der Waals surface area contributed by atoms with E-state index < -0.39 is 6.04 Å². The second-order valence-electron chi connectivity index (χ2n) is 26.1. The summed E-state index contributed by atoms with van der Waals surface area (Å²) < 4.78 is 53.4. The van der Waals surface area contributed by atoms with Gasteiger partial charge >= 0.3 is 0 Å². The van der Waals surface area contributed by atoms with Gasteiger partial charge in [0.2, 0.25) is 0 Å². The lowest BCUT2D eigenvalue weighted by Crippen LogP contribution is -2.61. The largest absolute Gasteiger partial charge is 0.472 e. The van der Waals surface area contributed by atoms with Crippen LogP contribution in [-0.2, 0) is 37.9 Å². The van der Waals surface area contributed by atoms with Crippen molar-refractivity contribution in [3.8, 4) is 11.1 Å². The van der Waals surface area contributed by atoms with Gasteiger partial charge in [-0.3, -0.25) is 0 Å². The van der Waals surface area contributed by atoms with E-state index >= 15 is 0 Å². The van der Waals surface area contributed by atoms with Crippen molar-refractivity contribution < 1.29 is 11.3 Å². The minimum atomic E-state index is -0.397. The second kappa shape index (κ2) is 14.3. The fourth-order valence-corrected chi connectivity index (χ4v) is 11.7. The lowest BCUT2D eigenvalue weighted by Gasteiger charge is -2.47. The summed E-state index contributed by atoms with van der Waals surface area (Å²) in [6, 6.07) is 23.9. The zero-order chi connectivity index (χ0) is 51.8. The van der Waals surface area contributed by atoms with Gasteiger partial charge in [-0.05, 0) is 145 Å². The van der Waals surface area contributed by atoms with Crippen LogP contribution >= 0.6 is 0 Å². The molecule has 0 atom stereocenters. The van der Waals surface area contributed by atoms with Crippen LogP contribution in [0.2, 0.25) is 0 Å².